The van der Waals surface area contributed by atoms with E-state index in [4.69, 9.17) is 11.6 Å². The molecule has 0 unspecified atom stereocenters. The van der Waals surface area contributed by atoms with Crippen LogP contribution in [0.25, 0.3) is 6.08 Å². The fraction of sp³-hybridized carbons (Fsp3) is 0. The first kappa shape index (κ1) is 18.5. The highest BCUT2D eigenvalue weighted by Gasteiger charge is 2.09. The van der Waals surface area contributed by atoms with Gasteiger partial charge in [0.15, 0.2) is 5.78 Å². The molecule has 1 amide bonds. The molecule has 0 saturated carbocycles. The molecule has 1 N–H and O–H groups in total. The number of nitrogens with one attached hydrogen (secondary N) is 1. The Morgan fingerprint density at radius 3 is 2.48 bits per heavy atom. The van der Waals surface area contributed by atoms with Gasteiger partial charge in [-0.3, -0.25) is 9.59 Å². The zero-order valence-electron chi connectivity index (χ0n) is 14.2. The normalized spacial score (nSPS) is 10.7. The van der Waals surface area contributed by atoms with Crippen LogP contribution in [0.3, 0.4) is 0 Å². The van der Waals surface area contributed by atoms with E-state index < -0.39 is 5.82 Å². The minimum absolute atomic E-state index is 0.273. The van der Waals surface area contributed by atoms with Crippen molar-refractivity contribution in [3.05, 3.63) is 106 Å². The Kier molecular flexibility index (Phi) is 5.79. The minimum atomic E-state index is -0.460. The second kappa shape index (κ2) is 8.43. The van der Waals surface area contributed by atoms with Crippen LogP contribution in [0.2, 0.25) is 5.02 Å². The lowest BCUT2D eigenvalue weighted by Gasteiger charge is -2.07. The maximum Gasteiger partial charge on any atom is 0.257 e. The fourth-order valence-corrected chi connectivity index (χ4v) is 2.70. The van der Waals surface area contributed by atoms with Crippen molar-refractivity contribution in [1.29, 1.82) is 0 Å². The largest absolute Gasteiger partial charge is 0.322 e. The molecule has 0 aliphatic rings. The second-order valence-electron chi connectivity index (χ2n) is 5.77. The molecule has 0 atom stereocenters. The van der Waals surface area contributed by atoms with E-state index in [1.807, 2.05) is 0 Å². The lowest BCUT2D eigenvalue weighted by Crippen LogP contribution is -2.12. The highest BCUT2D eigenvalue weighted by molar-refractivity contribution is 6.34. The van der Waals surface area contributed by atoms with Crippen LogP contribution in [0.1, 0.15) is 26.3 Å². The molecule has 0 heterocycles. The maximum atomic E-state index is 13.2. The Bertz CT molecular complexity index is 1030. The molecule has 5 heteroatoms. The first-order valence-corrected chi connectivity index (χ1v) is 8.54. The molecular weight excluding hydrogens is 365 g/mol. The van der Waals surface area contributed by atoms with E-state index in [-0.39, 0.29) is 17.3 Å². The van der Waals surface area contributed by atoms with Gasteiger partial charge in [0.05, 0.1) is 10.6 Å². The Hall–Kier alpha value is -3.24. The molecule has 0 aliphatic carbocycles. The fourth-order valence-electron chi connectivity index (χ4n) is 2.47. The van der Waals surface area contributed by atoms with Gasteiger partial charge in [-0.2, -0.15) is 0 Å². The van der Waals surface area contributed by atoms with Crippen LogP contribution in [-0.4, -0.2) is 11.7 Å². The summed E-state index contributed by atoms with van der Waals surface area (Å²) < 4.78 is 13.2. The number of amides is 1. The molecule has 27 heavy (non-hydrogen) atoms. The Labute approximate surface area is 161 Å². The van der Waals surface area contributed by atoms with Gasteiger partial charge < -0.3 is 5.32 Å². The molecule has 3 rings (SSSR count). The van der Waals surface area contributed by atoms with Gasteiger partial charge in [-0.1, -0.05) is 54.1 Å². The third-order valence-corrected chi connectivity index (χ3v) is 4.13. The zero-order chi connectivity index (χ0) is 19.2. The monoisotopic (exact) mass is 379 g/mol. The zero-order valence-corrected chi connectivity index (χ0v) is 14.9. The predicted octanol–water partition coefficient (Wildman–Crippen LogP) is 5.63. The minimum Gasteiger partial charge on any atom is -0.322 e. The molecule has 3 nitrogen and oxygen atoms in total. The molecule has 134 valence electrons. The number of allylic oxidation sites excluding steroid dienone is 1. The van der Waals surface area contributed by atoms with E-state index >= 15 is 0 Å². The van der Waals surface area contributed by atoms with Crippen molar-refractivity contribution in [1.82, 2.24) is 0 Å². The van der Waals surface area contributed by atoms with Crippen LogP contribution in [0.5, 0.6) is 0 Å². The van der Waals surface area contributed by atoms with Gasteiger partial charge >= 0.3 is 0 Å². The van der Waals surface area contributed by atoms with Crippen LogP contribution in [0.15, 0.2) is 78.9 Å². The summed E-state index contributed by atoms with van der Waals surface area (Å²) in [5, 5.41) is 3.14. The van der Waals surface area contributed by atoms with E-state index in [0.717, 1.165) is 5.56 Å². The maximum absolute atomic E-state index is 13.2. The molecule has 3 aromatic carbocycles. The molecule has 0 aromatic heterocycles. The molecule has 0 saturated heterocycles. The smallest absolute Gasteiger partial charge is 0.257 e. The SMILES string of the molecule is O=C(/C=C/c1cccc(NC(=O)c2ccccc2Cl)c1)c1cccc(F)c1. The van der Waals surface area contributed by atoms with Gasteiger partial charge in [0, 0.05) is 11.3 Å². The molecule has 0 bridgehead atoms. The van der Waals surface area contributed by atoms with Crippen molar-refractivity contribution < 1.29 is 14.0 Å². The number of rotatable bonds is 5. The molecule has 0 spiro atoms. The topological polar surface area (TPSA) is 46.2 Å². The van der Waals surface area contributed by atoms with E-state index in [0.29, 0.717) is 16.3 Å². The van der Waals surface area contributed by atoms with Gasteiger partial charge in [-0.05, 0) is 48.0 Å². The third-order valence-electron chi connectivity index (χ3n) is 3.80. The second-order valence-corrected chi connectivity index (χ2v) is 6.17. The number of carbonyl (C=O) groups excluding carboxylic acids is 2. The van der Waals surface area contributed by atoms with E-state index in [2.05, 4.69) is 5.32 Å². The highest BCUT2D eigenvalue weighted by Crippen LogP contribution is 2.18. The van der Waals surface area contributed by atoms with Crippen molar-refractivity contribution in [3.8, 4) is 0 Å². The molecule has 0 radical (unpaired) electrons. The molecule has 0 fully saturated rings. The predicted molar refractivity (Wildman–Crippen MR) is 106 cm³/mol. The van der Waals surface area contributed by atoms with Crippen molar-refractivity contribution in [2.45, 2.75) is 0 Å². The van der Waals surface area contributed by atoms with Gasteiger partial charge in [-0.15, -0.1) is 0 Å². The summed E-state index contributed by atoms with van der Waals surface area (Å²) >= 11 is 6.03. The quantitative estimate of drug-likeness (QED) is 0.461. The first-order valence-electron chi connectivity index (χ1n) is 8.17. The van der Waals surface area contributed by atoms with Crippen LogP contribution < -0.4 is 5.32 Å². The van der Waals surface area contributed by atoms with E-state index in [9.17, 15) is 14.0 Å². The third kappa shape index (κ3) is 4.90. The van der Waals surface area contributed by atoms with Crippen LogP contribution >= 0.6 is 11.6 Å². The summed E-state index contributed by atoms with van der Waals surface area (Å²) in [7, 11) is 0. The number of hydrogen-bond acceptors (Lipinski definition) is 2. The Morgan fingerprint density at radius 1 is 0.926 bits per heavy atom. The summed E-state index contributed by atoms with van der Waals surface area (Å²) in [4.78, 5) is 24.4. The summed E-state index contributed by atoms with van der Waals surface area (Å²) in [6.45, 7) is 0. The van der Waals surface area contributed by atoms with E-state index in [1.54, 1.807) is 60.7 Å². The van der Waals surface area contributed by atoms with Gasteiger partial charge in [0.25, 0.3) is 5.91 Å². The van der Waals surface area contributed by atoms with Crippen LogP contribution in [-0.2, 0) is 0 Å². The van der Waals surface area contributed by atoms with E-state index in [1.165, 1.54) is 24.3 Å². The Balaban J connectivity index is 1.73. The van der Waals surface area contributed by atoms with Crippen molar-refractivity contribution in [2.24, 2.45) is 0 Å². The van der Waals surface area contributed by atoms with Gasteiger partial charge in [0.1, 0.15) is 5.82 Å². The first-order chi connectivity index (χ1) is 13.0. The number of ketones is 1. The lowest BCUT2D eigenvalue weighted by molar-refractivity contribution is 0.102. The van der Waals surface area contributed by atoms with Gasteiger partial charge in [-0.25, -0.2) is 4.39 Å². The highest BCUT2D eigenvalue weighted by atomic mass is 35.5. The summed E-state index contributed by atoms with van der Waals surface area (Å²) in [6, 6.07) is 19.3. The number of halogens is 2. The number of hydrogen-bond donors (Lipinski definition) is 1. The molecule has 0 aliphatic heterocycles. The summed E-state index contributed by atoms with van der Waals surface area (Å²) in [5.74, 6) is -1.09. The average molecular weight is 380 g/mol. The van der Waals surface area contributed by atoms with Crippen molar-refractivity contribution in [3.63, 3.8) is 0 Å². The molecular formula is C22H15ClFNO2. The number of benzene rings is 3. The summed E-state index contributed by atoms with van der Waals surface area (Å²) in [6.07, 6.45) is 2.97. The van der Waals surface area contributed by atoms with Crippen molar-refractivity contribution >= 4 is 35.1 Å². The van der Waals surface area contributed by atoms with Crippen LogP contribution in [0, 0.1) is 5.82 Å². The van der Waals surface area contributed by atoms with Gasteiger partial charge in [0.2, 0.25) is 0 Å². The van der Waals surface area contributed by atoms with Crippen LogP contribution in [0.4, 0.5) is 10.1 Å². The lowest BCUT2D eigenvalue weighted by atomic mass is 10.1. The Morgan fingerprint density at radius 2 is 1.70 bits per heavy atom. The van der Waals surface area contributed by atoms with Crippen molar-refractivity contribution in [2.75, 3.05) is 5.32 Å². The molecule has 3 aromatic rings. The number of anilines is 1. The standard InChI is InChI=1S/C22H15ClFNO2/c23-20-10-2-1-9-19(20)22(27)25-18-8-3-5-15(13-18)11-12-21(26)16-6-4-7-17(24)14-16/h1-14H,(H,25,27)/b12-11+. The summed E-state index contributed by atoms with van der Waals surface area (Å²) in [5.41, 5.74) is 1.94. The average Bonchev–Trinajstić information content (AvgIpc) is 2.66. The number of carbonyl (C=O) groups is 2.